The zero-order valence-corrected chi connectivity index (χ0v) is 13.1. The van der Waals surface area contributed by atoms with Crippen LogP contribution in [-0.4, -0.2) is 32.2 Å². The number of hydrogen-bond acceptors (Lipinski definition) is 4. The van der Waals surface area contributed by atoms with Gasteiger partial charge in [0.15, 0.2) is 6.61 Å². The number of nitrogens with two attached hydrogens (primary N) is 1. The second-order valence-corrected chi connectivity index (χ2v) is 6.24. The summed E-state index contributed by atoms with van der Waals surface area (Å²) in [5.41, 5.74) is 6.78. The van der Waals surface area contributed by atoms with E-state index in [0.717, 1.165) is 43.0 Å². The quantitative estimate of drug-likeness (QED) is 0.927. The van der Waals surface area contributed by atoms with Crippen LogP contribution in [-0.2, 0) is 4.79 Å². The number of fused-ring (bicyclic) bond motifs is 1. The molecule has 3 rings (SSSR count). The maximum Gasteiger partial charge on any atom is 0.265 e. The molecule has 120 valence electrons. The van der Waals surface area contributed by atoms with E-state index in [4.69, 9.17) is 15.2 Å². The SMILES string of the molecule is COc1ccc2c(c1)N(CCC1CCC(N)CC1)C(=O)CO2. The van der Waals surface area contributed by atoms with Crippen LogP contribution in [0, 0.1) is 5.92 Å². The molecule has 2 aliphatic rings. The van der Waals surface area contributed by atoms with Gasteiger partial charge >= 0.3 is 0 Å². The summed E-state index contributed by atoms with van der Waals surface area (Å²) in [6.45, 7) is 0.858. The Kier molecular flexibility index (Phi) is 4.52. The van der Waals surface area contributed by atoms with Gasteiger partial charge < -0.3 is 20.1 Å². The van der Waals surface area contributed by atoms with Gasteiger partial charge in [-0.2, -0.15) is 0 Å². The summed E-state index contributed by atoms with van der Waals surface area (Å²) >= 11 is 0. The van der Waals surface area contributed by atoms with Crippen molar-refractivity contribution < 1.29 is 14.3 Å². The first-order valence-electron chi connectivity index (χ1n) is 8.04. The van der Waals surface area contributed by atoms with Gasteiger partial charge in [0.25, 0.3) is 5.91 Å². The van der Waals surface area contributed by atoms with E-state index >= 15 is 0 Å². The molecular weight excluding hydrogens is 280 g/mol. The maximum atomic E-state index is 12.2. The molecule has 2 N–H and O–H groups in total. The van der Waals surface area contributed by atoms with Crippen molar-refractivity contribution >= 4 is 11.6 Å². The highest BCUT2D eigenvalue weighted by molar-refractivity contribution is 5.98. The minimum atomic E-state index is 0.0215. The molecule has 1 amide bonds. The van der Waals surface area contributed by atoms with Crippen molar-refractivity contribution in [2.75, 3.05) is 25.2 Å². The highest BCUT2D eigenvalue weighted by Crippen LogP contribution is 2.36. The number of benzene rings is 1. The zero-order chi connectivity index (χ0) is 15.5. The van der Waals surface area contributed by atoms with Crippen molar-refractivity contribution in [3.63, 3.8) is 0 Å². The Labute approximate surface area is 131 Å². The molecule has 5 nitrogen and oxygen atoms in total. The number of rotatable bonds is 4. The van der Waals surface area contributed by atoms with Gasteiger partial charge in [0.05, 0.1) is 12.8 Å². The third-order valence-electron chi connectivity index (χ3n) is 4.76. The van der Waals surface area contributed by atoms with Crippen molar-refractivity contribution in [2.45, 2.75) is 38.1 Å². The Hall–Kier alpha value is -1.75. The van der Waals surface area contributed by atoms with Crippen LogP contribution in [0.15, 0.2) is 18.2 Å². The van der Waals surface area contributed by atoms with E-state index in [2.05, 4.69) is 0 Å². The predicted octanol–water partition coefficient (Wildman–Crippen LogP) is 2.33. The van der Waals surface area contributed by atoms with Gasteiger partial charge in [-0.05, 0) is 50.2 Å². The molecule has 0 radical (unpaired) electrons. The number of methoxy groups -OCH3 is 1. The van der Waals surface area contributed by atoms with Crippen molar-refractivity contribution in [2.24, 2.45) is 11.7 Å². The highest BCUT2D eigenvalue weighted by atomic mass is 16.5. The minimum Gasteiger partial charge on any atom is -0.497 e. The summed E-state index contributed by atoms with van der Waals surface area (Å²) in [5, 5.41) is 0. The molecule has 1 aliphatic carbocycles. The minimum absolute atomic E-state index is 0.0215. The van der Waals surface area contributed by atoms with Crippen LogP contribution in [0.5, 0.6) is 11.5 Å². The van der Waals surface area contributed by atoms with Gasteiger partial charge in [-0.3, -0.25) is 4.79 Å². The average Bonchev–Trinajstić information content (AvgIpc) is 2.55. The maximum absolute atomic E-state index is 12.2. The highest BCUT2D eigenvalue weighted by Gasteiger charge is 2.27. The van der Waals surface area contributed by atoms with Gasteiger partial charge in [-0.25, -0.2) is 0 Å². The average molecular weight is 304 g/mol. The molecule has 22 heavy (non-hydrogen) atoms. The van der Waals surface area contributed by atoms with E-state index in [0.29, 0.717) is 12.0 Å². The number of ether oxygens (including phenoxy) is 2. The first-order valence-corrected chi connectivity index (χ1v) is 8.04. The van der Waals surface area contributed by atoms with Crippen molar-refractivity contribution in [1.29, 1.82) is 0 Å². The molecule has 1 heterocycles. The van der Waals surface area contributed by atoms with Crippen molar-refractivity contribution in [3.05, 3.63) is 18.2 Å². The molecule has 0 bridgehead atoms. The zero-order valence-electron chi connectivity index (χ0n) is 13.1. The number of anilines is 1. The van der Waals surface area contributed by atoms with Crippen LogP contribution in [0.1, 0.15) is 32.1 Å². The first kappa shape index (κ1) is 15.2. The topological polar surface area (TPSA) is 64.8 Å². The van der Waals surface area contributed by atoms with Gasteiger partial charge in [-0.15, -0.1) is 0 Å². The Morgan fingerprint density at radius 1 is 1.32 bits per heavy atom. The summed E-state index contributed by atoms with van der Waals surface area (Å²) in [7, 11) is 1.63. The van der Waals surface area contributed by atoms with E-state index < -0.39 is 0 Å². The Bertz CT molecular complexity index is 539. The van der Waals surface area contributed by atoms with Gasteiger partial charge in [0, 0.05) is 18.7 Å². The summed E-state index contributed by atoms with van der Waals surface area (Å²) < 4.78 is 10.8. The van der Waals surface area contributed by atoms with E-state index in [1.54, 1.807) is 7.11 Å². The lowest BCUT2D eigenvalue weighted by Crippen LogP contribution is -2.40. The van der Waals surface area contributed by atoms with Crippen LogP contribution in [0.25, 0.3) is 0 Å². The molecule has 0 spiro atoms. The van der Waals surface area contributed by atoms with Crippen molar-refractivity contribution in [1.82, 2.24) is 0 Å². The van der Waals surface area contributed by atoms with E-state index in [9.17, 15) is 4.79 Å². The molecule has 5 heteroatoms. The molecule has 1 aromatic rings. The third-order valence-corrected chi connectivity index (χ3v) is 4.76. The normalized spacial score (nSPS) is 24.6. The van der Waals surface area contributed by atoms with Gasteiger partial charge in [0.2, 0.25) is 0 Å². The first-order chi connectivity index (χ1) is 10.7. The third kappa shape index (κ3) is 3.19. The van der Waals surface area contributed by atoms with Crippen LogP contribution in [0.3, 0.4) is 0 Å². The molecule has 1 aliphatic heterocycles. The standard InChI is InChI=1S/C17H24N2O3/c1-21-14-6-7-16-15(10-14)19(17(20)11-22-16)9-8-12-2-4-13(18)5-3-12/h6-7,10,12-13H,2-5,8-9,11,18H2,1H3. The Balaban J connectivity index is 1.69. The van der Waals surface area contributed by atoms with Crippen LogP contribution >= 0.6 is 0 Å². The fraction of sp³-hybridized carbons (Fsp3) is 0.588. The van der Waals surface area contributed by atoms with Crippen LogP contribution in [0.4, 0.5) is 5.69 Å². The smallest absolute Gasteiger partial charge is 0.265 e. The van der Waals surface area contributed by atoms with Crippen molar-refractivity contribution in [3.8, 4) is 11.5 Å². The fourth-order valence-electron chi connectivity index (χ4n) is 3.34. The molecule has 1 fully saturated rings. The lowest BCUT2D eigenvalue weighted by Gasteiger charge is -2.32. The summed E-state index contributed by atoms with van der Waals surface area (Å²) in [5.74, 6) is 2.19. The van der Waals surface area contributed by atoms with E-state index in [-0.39, 0.29) is 12.5 Å². The number of carbonyl (C=O) groups is 1. The molecule has 1 saturated carbocycles. The number of hydrogen-bond donors (Lipinski definition) is 1. The largest absolute Gasteiger partial charge is 0.497 e. The Morgan fingerprint density at radius 2 is 2.09 bits per heavy atom. The monoisotopic (exact) mass is 304 g/mol. The van der Waals surface area contributed by atoms with Gasteiger partial charge in [-0.1, -0.05) is 0 Å². The number of nitrogens with zero attached hydrogens (tertiary/aromatic N) is 1. The second kappa shape index (κ2) is 6.57. The molecule has 1 aromatic carbocycles. The molecule has 0 atom stereocenters. The molecule has 0 saturated heterocycles. The van der Waals surface area contributed by atoms with Crippen LogP contribution in [0.2, 0.25) is 0 Å². The van der Waals surface area contributed by atoms with E-state index in [1.165, 1.54) is 12.8 Å². The summed E-state index contributed by atoms with van der Waals surface area (Å²) in [6.07, 6.45) is 5.57. The molecule has 0 aromatic heterocycles. The fourth-order valence-corrected chi connectivity index (χ4v) is 3.34. The lowest BCUT2D eigenvalue weighted by molar-refractivity contribution is -0.121. The number of carbonyl (C=O) groups excluding carboxylic acids is 1. The molecule has 0 unspecified atom stereocenters. The predicted molar refractivity (Wildman–Crippen MR) is 85.4 cm³/mol. The Morgan fingerprint density at radius 3 is 2.82 bits per heavy atom. The number of amides is 1. The second-order valence-electron chi connectivity index (χ2n) is 6.24. The summed E-state index contributed by atoms with van der Waals surface area (Å²) in [4.78, 5) is 14.1. The summed E-state index contributed by atoms with van der Waals surface area (Å²) in [6, 6.07) is 5.97. The molecular formula is C17H24N2O3. The van der Waals surface area contributed by atoms with Crippen LogP contribution < -0.4 is 20.1 Å². The lowest BCUT2D eigenvalue weighted by atomic mass is 9.84. The van der Waals surface area contributed by atoms with E-state index in [1.807, 2.05) is 23.1 Å². The van der Waals surface area contributed by atoms with Gasteiger partial charge in [0.1, 0.15) is 11.5 Å².